The molecule has 0 unspecified atom stereocenters. The van der Waals surface area contributed by atoms with Crippen molar-refractivity contribution in [2.75, 3.05) is 13.8 Å². The number of nitrogens with one attached hydrogen (secondary N) is 3. The molecule has 3 rings (SSSR count). The Kier molecular flexibility index (Phi) is 5.82. The summed E-state index contributed by atoms with van der Waals surface area (Å²) in [6.45, 7) is 0.852. The molecule has 0 aromatic heterocycles. The van der Waals surface area contributed by atoms with Gasteiger partial charge in [-0.25, -0.2) is 17.9 Å². The fourth-order valence-corrected chi connectivity index (χ4v) is 3.36. The van der Waals surface area contributed by atoms with Gasteiger partial charge in [0.05, 0.1) is 5.75 Å². The first kappa shape index (κ1) is 19.0. The summed E-state index contributed by atoms with van der Waals surface area (Å²) in [5, 5.41) is 5.52. The zero-order valence-electron chi connectivity index (χ0n) is 14.8. The van der Waals surface area contributed by atoms with E-state index in [0.717, 1.165) is 11.1 Å². The molecule has 0 saturated heterocycles. The molecule has 0 bridgehead atoms. The van der Waals surface area contributed by atoms with Crippen molar-refractivity contribution in [1.82, 2.24) is 15.4 Å². The summed E-state index contributed by atoms with van der Waals surface area (Å²) < 4.78 is 36.1. The minimum Gasteiger partial charge on any atom is -0.454 e. The molecule has 8 nitrogen and oxygen atoms in total. The summed E-state index contributed by atoms with van der Waals surface area (Å²) in [5.41, 5.74) is 2.37. The summed E-state index contributed by atoms with van der Waals surface area (Å²) in [6.07, 6.45) is 0. The lowest BCUT2D eigenvalue weighted by atomic mass is 10.1. The molecule has 1 aliphatic heterocycles. The molecule has 0 radical (unpaired) electrons. The van der Waals surface area contributed by atoms with Crippen LogP contribution >= 0.6 is 0 Å². The summed E-state index contributed by atoms with van der Waals surface area (Å²) in [6, 6.07) is 12.3. The van der Waals surface area contributed by atoms with Crippen LogP contribution in [0.25, 0.3) is 0 Å². The standard InChI is InChI=1S/C18H21N3O5S/c1-19-27(23,24)11-15-4-2-3-13(7-15)9-20-18(22)21-10-14-5-6-16-17(8-14)26-12-25-16/h2-8,19H,9-12H2,1H3,(H2,20,21,22). The van der Waals surface area contributed by atoms with Gasteiger partial charge >= 0.3 is 6.03 Å². The first-order chi connectivity index (χ1) is 12.9. The van der Waals surface area contributed by atoms with Crippen LogP contribution in [0.4, 0.5) is 4.79 Å². The van der Waals surface area contributed by atoms with Crippen LogP contribution in [0.3, 0.4) is 0 Å². The van der Waals surface area contributed by atoms with Gasteiger partial charge in [-0.05, 0) is 35.9 Å². The van der Waals surface area contributed by atoms with Gasteiger partial charge in [-0.1, -0.05) is 30.3 Å². The number of ether oxygens (including phenoxy) is 2. The number of amides is 2. The van der Waals surface area contributed by atoms with Gasteiger partial charge < -0.3 is 20.1 Å². The Bertz CT molecular complexity index is 930. The van der Waals surface area contributed by atoms with Crippen LogP contribution < -0.4 is 24.8 Å². The molecular formula is C18H21N3O5S. The number of rotatable bonds is 7. The van der Waals surface area contributed by atoms with E-state index in [4.69, 9.17) is 9.47 Å². The number of hydrogen-bond acceptors (Lipinski definition) is 5. The van der Waals surface area contributed by atoms with E-state index in [9.17, 15) is 13.2 Å². The van der Waals surface area contributed by atoms with Crippen molar-refractivity contribution in [3.63, 3.8) is 0 Å². The largest absolute Gasteiger partial charge is 0.454 e. The van der Waals surface area contributed by atoms with Gasteiger partial charge in [-0.15, -0.1) is 0 Å². The summed E-state index contributed by atoms with van der Waals surface area (Å²) in [5.74, 6) is 1.26. The van der Waals surface area contributed by atoms with Gasteiger partial charge in [-0.3, -0.25) is 0 Å². The van der Waals surface area contributed by atoms with E-state index in [2.05, 4.69) is 15.4 Å². The van der Waals surface area contributed by atoms with Crippen LogP contribution in [0.1, 0.15) is 16.7 Å². The van der Waals surface area contributed by atoms with Crippen molar-refractivity contribution >= 4 is 16.1 Å². The van der Waals surface area contributed by atoms with E-state index >= 15 is 0 Å². The highest BCUT2D eigenvalue weighted by molar-refractivity contribution is 7.88. The summed E-state index contributed by atoms with van der Waals surface area (Å²) in [4.78, 5) is 12.0. The van der Waals surface area contributed by atoms with Gasteiger partial charge in [0.1, 0.15) is 0 Å². The van der Waals surface area contributed by atoms with E-state index in [1.165, 1.54) is 7.05 Å². The van der Waals surface area contributed by atoms with E-state index < -0.39 is 10.0 Å². The maximum atomic E-state index is 12.0. The highest BCUT2D eigenvalue weighted by Crippen LogP contribution is 2.32. The Labute approximate surface area is 157 Å². The minimum absolute atomic E-state index is 0.104. The van der Waals surface area contributed by atoms with Crippen molar-refractivity contribution in [3.05, 3.63) is 59.2 Å². The number of carbonyl (C=O) groups excluding carboxylic acids is 1. The molecule has 27 heavy (non-hydrogen) atoms. The van der Waals surface area contributed by atoms with E-state index in [-0.39, 0.29) is 18.6 Å². The van der Waals surface area contributed by atoms with E-state index in [1.54, 1.807) is 18.2 Å². The fraction of sp³-hybridized carbons (Fsp3) is 0.278. The molecule has 1 aliphatic rings. The van der Waals surface area contributed by atoms with Crippen LogP contribution in [0.2, 0.25) is 0 Å². The molecule has 3 N–H and O–H groups in total. The molecule has 1 heterocycles. The second kappa shape index (κ2) is 8.28. The third-order valence-corrected chi connectivity index (χ3v) is 5.34. The first-order valence-electron chi connectivity index (χ1n) is 8.34. The third kappa shape index (κ3) is 5.35. The summed E-state index contributed by atoms with van der Waals surface area (Å²) in [7, 11) is -1.95. The first-order valence-corrected chi connectivity index (χ1v) is 10.00. The molecule has 0 aliphatic carbocycles. The van der Waals surface area contributed by atoms with Gasteiger partial charge in [0.15, 0.2) is 11.5 Å². The van der Waals surface area contributed by atoms with Gasteiger partial charge in [0.2, 0.25) is 16.8 Å². The summed E-state index contributed by atoms with van der Waals surface area (Å²) >= 11 is 0. The predicted molar refractivity (Wildman–Crippen MR) is 99.8 cm³/mol. The molecule has 0 atom stereocenters. The zero-order chi connectivity index (χ0) is 19.3. The topological polar surface area (TPSA) is 106 Å². The lowest BCUT2D eigenvalue weighted by Crippen LogP contribution is -2.34. The van der Waals surface area contributed by atoms with Crippen molar-refractivity contribution in [2.24, 2.45) is 0 Å². The lowest BCUT2D eigenvalue weighted by molar-refractivity contribution is 0.174. The number of carbonyl (C=O) groups is 1. The van der Waals surface area contributed by atoms with Crippen molar-refractivity contribution in [2.45, 2.75) is 18.8 Å². The molecular weight excluding hydrogens is 370 g/mol. The van der Waals surface area contributed by atoms with Crippen molar-refractivity contribution in [1.29, 1.82) is 0 Å². The second-order valence-electron chi connectivity index (χ2n) is 6.01. The molecule has 2 amide bonds. The van der Waals surface area contributed by atoms with Crippen LogP contribution in [-0.4, -0.2) is 28.3 Å². The van der Waals surface area contributed by atoms with Crippen molar-refractivity contribution in [3.8, 4) is 11.5 Å². The Morgan fingerprint density at radius 2 is 1.63 bits per heavy atom. The Balaban J connectivity index is 1.49. The maximum Gasteiger partial charge on any atom is 0.315 e. The Morgan fingerprint density at radius 3 is 2.37 bits per heavy atom. The number of urea groups is 1. The molecule has 2 aromatic carbocycles. The minimum atomic E-state index is -3.33. The maximum absolute atomic E-state index is 12.0. The predicted octanol–water partition coefficient (Wildman–Crippen LogP) is 1.46. The SMILES string of the molecule is CNS(=O)(=O)Cc1cccc(CNC(=O)NCc2ccc3c(c2)OCO3)c1. The molecule has 9 heteroatoms. The number of benzene rings is 2. The highest BCUT2D eigenvalue weighted by Gasteiger charge is 2.13. The molecule has 144 valence electrons. The Morgan fingerprint density at radius 1 is 0.963 bits per heavy atom. The molecule has 0 spiro atoms. The molecule has 0 fully saturated rings. The van der Waals surface area contributed by atoms with E-state index in [1.807, 2.05) is 24.3 Å². The third-order valence-electron chi connectivity index (χ3n) is 4.00. The monoisotopic (exact) mass is 391 g/mol. The number of sulfonamides is 1. The average molecular weight is 391 g/mol. The van der Waals surface area contributed by atoms with E-state index in [0.29, 0.717) is 30.2 Å². The van der Waals surface area contributed by atoms with Crippen molar-refractivity contribution < 1.29 is 22.7 Å². The van der Waals surface area contributed by atoms with Crippen LogP contribution in [0.5, 0.6) is 11.5 Å². The fourth-order valence-electron chi connectivity index (χ4n) is 2.60. The van der Waals surface area contributed by atoms with Gasteiger partial charge in [0, 0.05) is 13.1 Å². The number of hydrogen-bond donors (Lipinski definition) is 3. The Hall–Kier alpha value is -2.78. The number of fused-ring (bicyclic) bond motifs is 1. The average Bonchev–Trinajstić information content (AvgIpc) is 3.12. The second-order valence-corrected chi connectivity index (χ2v) is 7.93. The normalized spacial score (nSPS) is 12.6. The van der Waals surface area contributed by atoms with Crippen LogP contribution in [-0.2, 0) is 28.9 Å². The van der Waals surface area contributed by atoms with Crippen LogP contribution in [0.15, 0.2) is 42.5 Å². The van der Waals surface area contributed by atoms with Gasteiger partial charge in [0.25, 0.3) is 0 Å². The quantitative estimate of drug-likeness (QED) is 0.663. The van der Waals surface area contributed by atoms with Gasteiger partial charge in [-0.2, -0.15) is 0 Å². The highest BCUT2D eigenvalue weighted by atomic mass is 32.2. The zero-order valence-corrected chi connectivity index (χ0v) is 15.6. The lowest BCUT2D eigenvalue weighted by Gasteiger charge is -2.09. The smallest absolute Gasteiger partial charge is 0.315 e. The van der Waals surface area contributed by atoms with Crippen LogP contribution in [0, 0.1) is 0 Å². The molecule has 0 saturated carbocycles. The molecule has 2 aromatic rings.